The molecule has 2 rings (SSSR count). The van der Waals surface area contributed by atoms with Crippen LogP contribution in [0, 0.1) is 5.92 Å². The smallest absolute Gasteiger partial charge is 0.227 e. The van der Waals surface area contributed by atoms with Gasteiger partial charge >= 0.3 is 0 Å². The lowest BCUT2D eigenvalue weighted by molar-refractivity contribution is -0.124. The van der Waals surface area contributed by atoms with Crippen LogP contribution >= 0.6 is 11.6 Å². The summed E-state index contributed by atoms with van der Waals surface area (Å²) in [5.74, 6) is 0.625. The van der Waals surface area contributed by atoms with Crippen molar-refractivity contribution in [3.63, 3.8) is 0 Å². The third-order valence-electron chi connectivity index (χ3n) is 3.41. The van der Waals surface area contributed by atoms with Gasteiger partial charge in [0.15, 0.2) is 0 Å². The van der Waals surface area contributed by atoms with Gasteiger partial charge in [0.25, 0.3) is 0 Å². The lowest BCUT2D eigenvalue weighted by Gasteiger charge is -2.08. The summed E-state index contributed by atoms with van der Waals surface area (Å²) in [6.07, 6.45) is 0.588. The summed E-state index contributed by atoms with van der Waals surface area (Å²) in [6, 6.07) is 7.10. The molecule has 0 bridgehead atoms. The normalized spacial score (nSPS) is 10.7. The first-order valence-electron chi connectivity index (χ1n) is 8.08. The zero-order valence-electron chi connectivity index (χ0n) is 14.2. The largest absolute Gasteiger partial charge is 0.354 e. The molecule has 2 amide bonds. The van der Waals surface area contributed by atoms with E-state index in [0.717, 1.165) is 5.56 Å². The van der Waals surface area contributed by atoms with Gasteiger partial charge < -0.3 is 15.2 Å². The summed E-state index contributed by atoms with van der Waals surface area (Å²) in [5.41, 5.74) is 0.796. The Morgan fingerprint density at radius 2 is 1.84 bits per heavy atom. The van der Waals surface area contributed by atoms with Gasteiger partial charge in [-0.1, -0.05) is 30.6 Å². The Kier molecular flexibility index (Phi) is 6.94. The van der Waals surface area contributed by atoms with Crippen molar-refractivity contribution in [2.24, 2.45) is 5.92 Å². The van der Waals surface area contributed by atoms with Gasteiger partial charge in [-0.15, -0.1) is 0 Å². The predicted molar refractivity (Wildman–Crippen MR) is 93.9 cm³/mol. The second-order valence-electron chi connectivity index (χ2n) is 5.81. The maximum Gasteiger partial charge on any atom is 0.227 e. The summed E-state index contributed by atoms with van der Waals surface area (Å²) in [5, 5.41) is 10.00. The van der Waals surface area contributed by atoms with Crippen LogP contribution in [0.3, 0.4) is 0 Å². The Bertz CT molecular complexity index is 713. The van der Waals surface area contributed by atoms with Gasteiger partial charge in [0.2, 0.25) is 23.5 Å². The number of rotatable bonds is 8. The molecule has 25 heavy (non-hydrogen) atoms. The monoisotopic (exact) mass is 364 g/mol. The highest BCUT2D eigenvalue weighted by molar-refractivity contribution is 6.30. The number of aromatic nitrogens is 2. The summed E-state index contributed by atoms with van der Waals surface area (Å²) in [7, 11) is 0. The number of hydrogen-bond acceptors (Lipinski definition) is 5. The number of aryl methyl sites for hydroxylation is 1. The molecule has 0 atom stereocenters. The molecular weight excluding hydrogens is 344 g/mol. The molecule has 0 radical (unpaired) electrons. The molecule has 2 aromatic rings. The average Bonchev–Trinajstić information content (AvgIpc) is 3.06. The van der Waals surface area contributed by atoms with E-state index in [1.54, 1.807) is 24.3 Å². The Morgan fingerprint density at radius 3 is 2.52 bits per heavy atom. The van der Waals surface area contributed by atoms with E-state index in [9.17, 15) is 9.59 Å². The van der Waals surface area contributed by atoms with Crippen molar-refractivity contribution in [3.8, 4) is 11.4 Å². The first-order chi connectivity index (χ1) is 12.0. The van der Waals surface area contributed by atoms with Crippen molar-refractivity contribution in [2.45, 2.75) is 26.7 Å². The number of amides is 2. The average molecular weight is 365 g/mol. The van der Waals surface area contributed by atoms with E-state index >= 15 is 0 Å². The minimum atomic E-state index is -0.134. The number of hydrogen-bond donors (Lipinski definition) is 2. The van der Waals surface area contributed by atoms with E-state index in [0.29, 0.717) is 36.2 Å². The van der Waals surface area contributed by atoms with Crippen LogP contribution in [0.4, 0.5) is 0 Å². The van der Waals surface area contributed by atoms with Crippen LogP contribution < -0.4 is 10.6 Å². The molecule has 1 aromatic heterocycles. The lowest BCUT2D eigenvalue weighted by Crippen LogP contribution is -2.36. The van der Waals surface area contributed by atoms with Crippen molar-refractivity contribution in [1.29, 1.82) is 0 Å². The molecule has 7 nitrogen and oxygen atoms in total. The second-order valence-corrected chi connectivity index (χ2v) is 6.25. The molecule has 0 saturated carbocycles. The van der Waals surface area contributed by atoms with Gasteiger partial charge in [-0.3, -0.25) is 9.59 Å². The molecule has 0 aliphatic rings. The van der Waals surface area contributed by atoms with Crippen LogP contribution in [0.15, 0.2) is 28.8 Å². The molecule has 1 heterocycles. The summed E-state index contributed by atoms with van der Waals surface area (Å²) in [6.45, 7) is 4.42. The van der Waals surface area contributed by atoms with Crippen molar-refractivity contribution >= 4 is 23.4 Å². The molecule has 8 heteroatoms. The maximum atomic E-state index is 11.8. The third kappa shape index (κ3) is 6.19. The molecule has 0 aliphatic carbocycles. The van der Waals surface area contributed by atoms with Gasteiger partial charge in [-0.05, 0) is 24.3 Å². The standard InChI is InChI=1S/C17H21ClN4O3/c1-11(2)17(24)20-10-9-19-14(23)7-8-15-21-16(22-25-15)12-3-5-13(18)6-4-12/h3-6,11H,7-10H2,1-2H3,(H,19,23)(H,20,24). The van der Waals surface area contributed by atoms with Crippen LogP contribution in [0.1, 0.15) is 26.2 Å². The molecule has 1 aromatic carbocycles. The van der Waals surface area contributed by atoms with E-state index < -0.39 is 0 Å². The highest BCUT2D eigenvalue weighted by Crippen LogP contribution is 2.18. The van der Waals surface area contributed by atoms with Crippen molar-refractivity contribution in [1.82, 2.24) is 20.8 Å². The molecular formula is C17H21ClN4O3. The van der Waals surface area contributed by atoms with Crippen LogP contribution in [0.5, 0.6) is 0 Å². The number of nitrogens with one attached hydrogen (secondary N) is 2. The first-order valence-corrected chi connectivity index (χ1v) is 8.46. The second kappa shape index (κ2) is 9.17. The van der Waals surface area contributed by atoms with Crippen LogP contribution in [0.25, 0.3) is 11.4 Å². The number of carbonyl (C=O) groups is 2. The summed E-state index contributed by atoms with van der Waals surface area (Å²) < 4.78 is 5.15. The third-order valence-corrected chi connectivity index (χ3v) is 3.66. The fraction of sp³-hybridized carbons (Fsp3) is 0.412. The van der Waals surface area contributed by atoms with E-state index in [1.165, 1.54) is 0 Å². The molecule has 0 saturated heterocycles. The lowest BCUT2D eigenvalue weighted by atomic mass is 10.2. The number of nitrogens with zero attached hydrogens (tertiary/aromatic N) is 2. The van der Waals surface area contributed by atoms with E-state index in [1.807, 2.05) is 13.8 Å². The molecule has 0 aliphatic heterocycles. The molecule has 0 spiro atoms. The fourth-order valence-corrected chi connectivity index (χ4v) is 2.10. The van der Waals surface area contributed by atoms with Gasteiger partial charge in [0.05, 0.1) is 0 Å². The Morgan fingerprint density at radius 1 is 1.16 bits per heavy atom. The maximum absolute atomic E-state index is 11.8. The van der Waals surface area contributed by atoms with Gasteiger partial charge in [0.1, 0.15) is 0 Å². The summed E-state index contributed by atoms with van der Waals surface area (Å²) in [4.78, 5) is 27.4. The number of carbonyl (C=O) groups excluding carboxylic acids is 2. The SMILES string of the molecule is CC(C)C(=O)NCCNC(=O)CCc1nc(-c2ccc(Cl)cc2)no1. The van der Waals surface area contributed by atoms with Gasteiger partial charge in [0, 0.05) is 42.4 Å². The zero-order valence-corrected chi connectivity index (χ0v) is 15.0. The van der Waals surface area contributed by atoms with E-state index in [-0.39, 0.29) is 24.2 Å². The van der Waals surface area contributed by atoms with Crippen LogP contribution in [-0.4, -0.2) is 35.0 Å². The van der Waals surface area contributed by atoms with Crippen LogP contribution in [-0.2, 0) is 16.0 Å². The molecule has 134 valence electrons. The summed E-state index contributed by atoms with van der Waals surface area (Å²) >= 11 is 5.84. The topological polar surface area (TPSA) is 97.1 Å². The number of halogens is 1. The quantitative estimate of drug-likeness (QED) is 0.700. The highest BCUT2D eigenvalue weighted by Gasteiger charge is 2.11. The Hall–Kier alpha value is -2.41. The van der Waals surface area contributed by atoms with Crippen molar-refractivity contribution in [2.75, 3.05) is 13.1 Å². The van der Waals surface area contributed by atoms with E-state index in [4.69, 9.17) is 16.1 Å². The Labute approximate surface area is 151 Å². The minimum absolute atomic E-state index is 0.0326. The Balaban J connectivity index is 1.71. The molecule has 0 unspecified atom stereocenters. The fourth-order valence-electron chi connectivity index (χ4n) is 1.97. The molecule has 2 N–H and O–H groups in total. The predicted octanol–water partition coefficient (Wildman–Crippen LogP) is 2.21. The zero-order chi connectivity index (χ0) is 18.2. The van der Waals surface area contributed by atoms with Crippen molar-refractivity contribution in [3.05, 3.63) is 35.2 Å². The van der Waals surface area contributed by atoms with Crippen LogP contribution in [0.2, 0.25) is 5.02 Å². The van der Waals surface area contributed by atoms with Crippen molar-refractivity contribution < 1.29 is 14.1 Å². The highest BCUT2D eigenvalue weighted by atomic mass is 35.5. The van der Waals surface area contributed by atoms with Gasteiger partial charge in [-0.2, -0.15) is 4.98 Å². The van der Waals surface area contributed by atoms with E-state index in [2.05, 4.69) is 20.8 Å². The van der Waals surface area contributed by atoms with Gasteiger partial charge in [-0.25, -0.2) is 0 Å². The number of benzene rings is 1. The minimum Gasteiger partial charge on any atom is -0.354 e. The first kappa shape index (κ1) is 18.9. The molecule has 0 fully saturated rings.